The number of hydrogen-bond acceptors (Lipinski definition) is 2. The van der Waals surface area contributed by atoms with E-state index in [0.29, 0.717) is 24.2 Å². The van der Waals surface area contributed by atoms with Crippen LogP contribution in [0.3, 0.4) is 0 Å². The molecular weight excluding hydrogens is 384 g/mol. The van der Waals surface area contributed by atoms with Crippen molar-refractivity contribution in [1.29, 1.82) is 0 Å². The molecule has 0 aliphatic carbocycles. The standard InChI is InChI=1S/C27H26N2O2/c1-27(2,17-28-25(30)23-15-7-11-19-9-3-5-13-21(19)23)18-29-26(31)24-16-8-12-20-10-4-6-14-22(20)24/h3-16H,17-18H2,1-2H3,(H,28,30)(H,29,31). The van der Waals surface area contributed by atoms with Crippen LogP contribution in [0.2, 0.25) is 0 Å². The van der Waals surface area contributed by atoms with Crippen molar-refractivity contribution in [3.8, 4) is 0 Å². The molecule has 0 radical (unpaired) electrons. The molecule has 0 unspecified atom stereocenters. The average Bonchev–Trinajstić information content (AvgIpc) is 2.80. The van der Waals surface area contributed by atoms with Gasteiger partial charge in [0.1, 0.15) is 0 Å². The lowest BCUT2D eigenvalue weighted by atomic mass is 9.92. The smallest absolute Gasteiger partial charge is 0.251 e. The van der Waals surface area contributed by atoms with Crippen molar-refractivity contribution < 1.29 is 9.59 Å². The van der Waals surface area contributed by atoms with E-state index in [0.717, 1.165) is 21.5 Å². The van der Waals surface area contributed by atoms with Gasteiger partial charge in [-0.05, 0) is 39.1 Å². The fourth-order valence-corrected chi connectivity index (χ4v) is 3.74. The van der Waals surface area contributed by atoms with Gasteiger partial charge in [-0.25, -0.2) is 0 Å². The van der Waals surface area contributed by atoms with Crippen LogP contribution in [0.5, 0.6) is 0 Å². The molecule has 2 N–H and O–H groups in total. The van der Waals surface area contributed by atoms with Gasteiger partial charge in [0.2, 0.25) is 0 Å². The van der Waals surface area contributed by atoms with Gasteiger partial charge in [0.15, 0.2) is 0 Å². The molecule has 0 bridgehead atoms. The summed E-state index contributed by atoms with van der Waals surface area (Å²) in [5.74, 6) is -0.212. The normalized spacial score (nSPS) is 11.4. The fraction of sp³-hybridized carbons (Fsp3) is 0.185. The van der Waals surface area contributed by atoms with Crippen LogP contribution in [0.1, 0.15) is 34.6 Å². The molecule has 0 aliphatic heterocycles. The lowest BCUT2D eigenvalue weighted by molar-refractivity contribution is 0.0921. The summed E-state index contributed by atoms with van der Waals surface area (Å²) >= 11 is 0. The Labute approximate surface area is 182 Å². The maximum absolute atomic E-state index is 12.8. The van der Waals surface area contributed by atoms with Crippen LogP contribution in [0.25, 0.3) is 21.5 Å². The fourth-order valence-electron chi connectivity index (χ4n) is 3.74. The van der Waals surface area contributed by atoms with E-state index in [1.54, 1.807) is 0 Å². The van der Waals surface area contributed by atoms with E-state index in [-0.39, 0.29) is 17.2 Å². The molecule has 0 aromatic heterocycles. The number of benzene rings is 4. The minimum atomic E-state index is -0.305. The highest BCUT2D eigenvalue weighted by atomic mass is 16.2. The zero-order chi connectivity index (χ0) is 21.8. The van der Waals surface area contributed by atoms with Crippen LogP contribution in [0, 0.1) is 5.41 Å². The summed E-state index contributed by atoms with van der Waals surface area (Å²) in [6.45, 7) is 4.95. The zero-order valence-electron chi connectivity index (χ0n) is 17.8. The Kier molecular flexibility index (Phi) is 5.72. The molecule has 0 atom stereocenters. The molecule has 156 valence electrons. The summed E-state index contributed by atoms with van der Waals surface area (Å²) in [6, 6.07) is 27.2. The van der Waals surface area contributed by atoms with Crippen molar-refractivity contribution in [2.24, 2.45) is 5.41 Å². The zero-order valence-corrected chi connectivity index (χ0v) is 17.8. The number of carbonyl (C=O) groups excluding carboxylic acids is 2. The first-order valence-electron chi connectivity index (χ1n) is 10.5. The maximum atomic E-state index is 12.8. The molecule has 0 saturated heterocycles. The molecule has 4 heteroatoms. The third-order valence-electron chi connectivity index (χ3n) is 5.52. The Morgan fingerprint density at radius 3 is 1.45 bits per heavy atom. The second-order valence-electron chi connectivity index (χ2n) is 8.58. The quantitative estimate of drug-likeness (QED) is 0.460. The van der Waals surface area contributed by atoms with Crippen molar-refractivity contribution in [2.75, 3.05) is 13.1 Å². The largest absolute Gasteiger partial charge is 0.351 e. The molecule has 0 saturated carbocycles. The van der Waals surface area contributed by atoms with E-state index < -0.39 is 0 Å². The summed E-state index contributed by atoms with van der Waals surface area (Å²) in [5.41, 5.74) is 1.02. The highest BCUT2D eigenvalue weighted by Crippen LogP contribution is 2.21. The summed E-state index contributed by atoms with van der Waals surface area (Å²) in [5, 5.41) is 10.0. The third kappa shape index (κ3) is 4.58. The number of carbonyl (C=O) groups is 2. The van der Waals surface area contributed by atoms with Crippen LogP contribution >= 0.6 is 0 Å². The van der Waals surface area contributed by atoms with Gasteiger partial charge in [-0.3, -0.25) is 9.59 Å². The Morgan fingerprint density at radius 1 is 0.613 bits per heavy atom. The SMILES string of the molecule is CC(C)(CNC(=O)c1cccc2ccccc12)CNC(=O)c1cccc2ccccc12. The van der Waals surface area contributed by atoms with E-state index in [1.807, 2.05) is 98.8 Å². The van der Waals surface area contributed by atoms with Gasteiger partial charge in [0.25, 0.3) is 11.8 Å². The molecule has 4 aromatic carbocycles. The molecule has 0 fully saturated rings. The average molecular weight is 411 g/mol. The van der Waals surface area contributed by atoms with Gasteiger partial charge in [0.05, 0.1) is 0 Å². The maximum Gasteiger partial charge on any atom is 0.251 e. The second-order valence-corrected chi connectivity index (χ2v) is 8.58. The molecular formula is C27H26N2O2. The van der Waals surface area contributed by atoms with E-state index in [2.05, 4.69) is 10.6 Å². The van der Waals surface area contributed by atoms with Gasteiger partial charge >= 0.3 is 0 Å². The van der Waals surface area contributed by atoms with Crippen LogP contribution in [-0.4, -0.2) is 24.9 Å². The van der Waals surface area contributed by atoms with Gasteiger partial charge in [-0.1, -0.05) is 86.6 Å². The minimum absolute atomic E-state index is 0.106. The number of amides is 2. The van der Waals surface area contributed by atoms with Crippen LogP contribution in [-0.2, 0) is 0 Å². The number of hydrogen-bond donors (Lipinski definition) is 2. The van der Waals surface area contributed by atoms with Crippen molar-refractivity contribution >= 4 is 33.4 Å². The Hall–Kier alpha value is -3.66. The van der Waals surface area contributed by atoms with Crippen molar-refractivity contribution in [2.45, 2.75) is 13.8 Å². The molecule has 2 amide bonds. The Bertz CT molecular complexity index is 1150. The minimum Gasteiger partial charge on any atom is -0.351 e. The van der Waals surface area contributed by atoms with E-state index in [9.17, 15) is 9.59 Å². The Morgan fingerprint density at radius 2 is 1.00 bits per heavy atom. The van der Waals surface area contributed by atoms with Gasteiger partial charge in [0, 0.05) is 24.2 Å². The predicted octanol–water partition coefficient (Wildman–Crippen LogP) is 5.18. The monoisotopic (exact) mass is 410 g/mol. The van der Waals surface area contributed by atoms with Crippen LogP contribution in [0.15, 0.2) is 84.9 Å². The van der Waals surface area contributed by atoms with Gasteiger partial charge < -0.3 is 10.6 Å². The van der Waals surface area contributed by atoms with E-state index in [1.165, 1.54) is 0 Å². The number of fused-ring (bicyclic) bond motifs is 2. The summed E-state index contributed by atoms with van der Waals surface area (Å²) < 4.78 is 0. The molecule has 4 nitrogen and oxygen atoms in total. The van der Waals surface area contributed by atoms with E-state index >= 15 is 0 Å². The molecule has 0 spiro atoms. The van der Waals surface area contributed by atoms with Crippen molar-refractivity contribution in [3.05, 3.63) is 96.1 Å². The number of rotatable bonds is 6. The van der Waals surface area contributed by atoms with Crippen molar-refractivity contribution in [3.63, 3.8) is 0 Å². The Balaban J connectivity index is 1.40. The molecule has 31 heavy (non-hydrogen) atoms. The number of nitrogens with one attached hydrogen (secondary N) is 2. The third-order valence-corrected chi connectivity index (χ3v) is 5.52. The van der Waals surface area contributed by atoms with Crippen LogP contribution in [0.4, 0.5) is 0 Å². The first kappa shape index (κ1) is 20.6. The molecule has 0 aliphatic rings. The highest BCUT2D eigenvalue weighted by Gasteiger charge is 2.22. The van der Waals surface area contributed by atoms with Gasteiger partial charge in [-0.2, -0.15) is 0 Å². The molecule has 4 aromatic rings. The highest BCUT2D eigenvalue weighted by molar-refractivity contribution is 6.07. The summed E-state index contributed by atoms with van der Waals surface area (Å²) in [7, 11) is 0. The predicted molar refractivity (Wildman–Crippen MR) is 126 cm³/mol. The first-order valence-corrected chi connectivity index (χ1v) is 10.5. The van der Waals surface area contributed by atoms with Crippen molar-refractivity contribution in [1.82, 2.24) is 10.6 Å². The van der Waals surface area contributed by atoms with Crippen LogP contribution < -0.4 is 10.6 Å². The topological polar surface area (TPSA) is 58.2 Å². The lowest BCUT2D eigenvalue weighted by Crippen LogP contribution is -2.42. The van der Waals surface area contributed by atoms with Gasteiger partial charge in [-0.15, -0.1) is 0 Å². The van der Waals surface area contributed by atoms with E-state index in [4.69, 9.17) is 0 Å². The second kappa shape index (κ2) is 8.60. The summed E-state index contributed by atoms with van der Waals surface area (Å²) in [6.07, 6.45) is 0. The molecule has 0 heterocycles. The first-order chi connectivity index (χ1) is 14.9. The lowest BCUT2D eigenvalue weighted by Gasteiger charge is -2.25. The molecule has 4 rings (SSSR count). The summed E-state index contributed by atoms with van der Waals surface area (Å²) in [4.78, 5) is 25.6.